The van der Waals surface area contributed by atoms with Crippen LogP contribution in [-0.2, 0) is 5.60 Å². The summed E-state index contributed by atoms with van der Waals surface area (Å²) in [4.78, 5) is 4.95. The molecule has 13 heavy (non-hydrogen) atoms. The summed E-state index contributed by atoms with van der Waals surface area (Å²) in [6.45, 7) is 0. The minimum Gasteiger partial charge on any atom is -0.384 e. The molecule has 0 amide bonds. The molecular weight excluding hydrogens is 184 g/mol. The maximum atomic E-state index is 10.3. The van der Waals surface area contributed by atoms with Crippen LogP contribution in [0.1, 0.15) is 30.6 Å². The van der Waals surface area contributed by atoms with Crippen LogP contribution in [0.4, 0.5) is 0 Å². The van der Waals surface area contributed by atoms with E-state index in [-0.39, 0.29) is 6.04 Å². The first-order valence-electron chi connectivity index (χ1n) is 4.58. The van der Waals surface area contributed by atoms with Gasteiger partial charge in [0.25, 0.3) is 0 Å². The SMILES string of the molecule is NC1CCCC(O)(c2cncs2)C1. The van der Waals surface area contributed by atoms with E-state index in [1.165, 1.54) is 11.3 Å². The lowest BCUT2D eigenvalue weighted by molar-refractivity contribution is -0.00397. The zero-order valence-electron chi connectivity index (χ0n) is 7.44. The van der Waals surface area contributed by atoms with Crippen LogP contribution in [-0.4, -0.2) is 16.1 Å². The minimum absolute atomic E-state index is 0.140. The van der Waals surface area contributed by atoms with E-state index in [4.69, 9.17) is 5.73 Å². The third-order valence-corrected chi connectivity index (χ3v) is 3.62. The molecule has 1 aliphatic rings. The fourth-order valence-electron chi connectivity index (χ4n) is 1.96. The number of rotatable bonds is 1. The van der Waals surface area contributed by atoms with Crippen LogP contribution >= 0.6 is 11.3 Å². The summed E-state index contributed by atoms with van der Waals surface area (Å²) in [6, 6.07) is 0.140. The van der Waals surface area contributed by atoms with Gasteiger partial charge in [-0.1, -0.05) is 0 Å². The standard InChI is InChI=1S/C9H14N2OS/c10-7-2-1-3-9(12,4-7)8-5-11-6-13-8/h5-7,12H,1-4,10H2. The highest BCUT2D eigenvalue weighted by molar-refractivity contribution is 7.09. The number of hydrogen-bond acceptors (Lipinski definition) is 4. The molecule has 0 aromatic carbocycles. The zero-order valence-corrected chi connectivity index (χ0v) is 8.26. The van der Waals surface area contributed by atoms with E-state index in [2.05, 4.69) is 4.98 Å². The van der Waals surface area contributed by atoms with Crippen molar-refractivity contribution in [2.45, 2.75) is 37.3 Å². The topological polar surface area (TPSA) is 59.1 Å². The Morgan fingerprint density at radius 2 is 2.54 bits per heavy atom. The van der Waals surface area contributed by atoms with Crippen LogP contribution in [0.5, 0.6) is 0 Å². The van der Waals surface area contributed by atoms with E-state index >= 15 is 0 Å². The third kappa shape index (κ3) is 1.75. The molecule has 1 aliphatic carbocycles. The summed E-state index contributed by atoms with van der Waals surface area (Å²) in [6.07, 6.45) is 5.29. The van der Waals surface area contributed by atoms with E-state index in [0.717, 1.165) is 24.1 Å². The first kappa shape index (κ1) is 9.12. The predicted octanol–water partition coefficient (Wildman–Crippen LogP) is 1.23. The highest BCUT2D eigenvalue weighted by Crippen LogP contribution is 2.37. The molecular formula is C9H14N2OS. The van der Waals surface area contributed by atoms with Crippen molar-refractivity contribution >= 4 is 11.3 Å². The van der Waals surface area contributed by atoms with Crippen molar-refractivity contribution in [1.29, 1.82) is 0 Å². The first-order valence-corrected chi connectivity index (χ1v) is 5.46. The second-order valence-electron chi connectivity index (χ2n) is 3.75. The van der Waals surface area contributed by atoms with Gasteiger partial charge in [-0.15, -0.1) is 11.3 Å². The smallest absolute Gasteiger partial charge is 0.102 e. The molecule has 1 fully saturated rings. The van der Waals surface area contributed by atoms with Gasteiger partial charge in [-0.25, -0.2) is 0 Å². The lowest BCUT2D eigenvalue weighted by Gasteiger charge is -2.34. The molecule has 0 radical (unpaired) electrons. The molecule has 2 atom stereocenters. The Hall–Kier alpha value is -0.450. The fraction of sp³-hybridized carbons (Fsp3) is 0.667. The fourth-order valence-corrected chi connectivity index (χ4v) is 2.73. The van der Waals surface area contributed by atoms with Crippen LogP contribution in [0.15, 0.2) is 11.7 Å². The van der Waals surface area contributed by atoms with Crippen molar-refractivity contribution in [1.82, 2.24) is 4.98 Å². The normalized spacial score (nSPS) is 34.8. The quantitative estimate of drug-likeness (QED) is 0.713. The molecule has 3 N–H and O–H groups in total. The van der Waals surface area contributed by atoms with Gasteiger partial charge < -0.3 is 10.8 Å². The zero-order chi connectivity index (χ0) is 9.31. The minimum atomic E-state index is -0.696. The van der Waals surface area contributed by atoms with Gasteiger partial charge in [-0.2, -0.15) is 0 Å². The largest absolute Gasteiger partial charge is 0.384 e. The highest BCUT2D eigenvalue weighted by atomic mass is 32.1. The summed E-state index contributed by atoms with van der Waals surface area (Å²) in [5.74, 6) is 0. The molecule has 0 spiro atoms. The second kappa shape index (κ2) is 3.36. The average molecular weight is 198 g/mol. The van der Waals surface area contributed by atoms with Crippen molar-refractivity contribution < 1.29 is 5.11 Å². The maximum Gasteiger partial charge on any atom is 0.102 e. The Morgan fingerprint density at radius 1 is 1.69 bits per heavy atom. The van der Waals surface area contributed by atoms with Crippen molar-refractivity contribution in [2.24, 2.45) is 5.73 Å². The molecule has 0 aliphatic heterocycles. The van der Waals surface area contributed by atoms with Gasteiger partial charge in [0.15, 0.2) is 0 Å². The third-order valence-electron chi connectivity index (χ3n) is 2.66. The number of hydrogen-bond donors (Lipinski definition) is 2. The Kier molecular flexibility index (Phi) is 2.36. The van der Waals surface area contributed by atoms with Gasteiger partial charge >= 0.3 is 0 Å². The van der Waals surface area contributed by atoms with Crippen molar-refractivity contribution in [3.8, 4) is 0 Å². The van der Waals surface area contributed by atoms with E-state index < -0.39 is 5.60 Å². The van der Waals surface area contributed by atoms with E-state index in [9.17, 15) is 5.11 Å². The molecule has 1 aromatic heterocycles. The van der Waals surface area contributed by atoms with Crippen LogP contribution < -0.4 is 5.73 Å². The lowest BCUT2D eigenvalue weighted by Crippen LogP contribution is -2.38. The van der Waals surface area contributed by atoms with Crippen LogP contribution in [0.25, 0.3) is 0 Å². The van der Waals surface area contributed by atoms with E-state index in [0.29, 0.717) is 6.42 Å². The Labute approximate surface area is 81.6 Å². The molecule has 1 saturated carbocycles. The van der Waals surface area contributed by atoms with Crippen molar-refractivity contribution in [3.63, 3.8) is 0 Å². The number of thiazole rings is 1. The number of aromatic nitrogens is 1. The van der Waals surface area contributed by atoms with Gasteiger partial charge in [0, 0.05) is 12.2 Å². The molecule has 2 unspecified atom stereocenters. The molecule has 1 aromatic rings. The lowest BCUT2D eigenvalue weighted by atomic mass is 9.81. The Balaban J connectivity index is 2.20. The number of aliphatic hydroxyl groups is 1. The molecule has 0 saturated heterocycles. The predicted molar refractivity (Wildman–Crippen MR) is 52.5 cm³/mol. The monoisotopic (exact) mass is 198 g/mol. The van der Waals surface area contributed by atoms with Crippen LogP contribution in [0.3, 0.4) is 0 Å². The number of nitrogens with two attached hydrogens (primary N) is 1. The number of nitrogens with zero attached hydrogens (tertiary/aromatic N) is 1. The molecule has 3 nitrogen and oxygen atoms in total. The summed E-state index contributed by atoms with van der Waals surface area (Å²) >= 11 is 1.51. The summed E-state index contributed by atoms with van der Waals surface area (Å²) < 4.78 is 0. The van der Waals surface area contributed by atoms with Gasteiger partial charge in [0.05, 0.1) is 10.4 Å². The Bertz CT molecular complexity index is 275. The summed E-state index contributed by atoms with van der Waals surface area (Å²) in [5.41, 5.74) is 6.90. The van der Waals surface area contributed by atoms with Gasteiger partial charge in [0.2, 0.25) is 0 Å². The molecule has 2 rings (SSSR count). The van der Waals surface area contributed by atoms with Gasteiger partial charge in [-0.3, -0.25) is 4.98 Å². The van der Waals surface area contributed by atoms with Gasteiger partial charge in [0.1, 0.15) is 5.60 Å². The Morgan fingerprint density at radius 3 is 3.15 bits per heavy atom. The summed E-state index contributed by atoms with van der Waals surface area (Å²) in [5, 5.41) is 10.3. The van der Waals surface area contributed by atoms with Crippen molar-refractivity contribution in [2.75, 3.05) is 0 Å². The van der Waals surface area contributed by atoms with E-state index in [1.807, 2.05) is 0 Å². The van der Waals surface area contributed by atoms with E-state index in [1.54, 1.807) is 11.7 Å². The molecule has 4 heteroatoms. The van der Waals surface area contributed by atoms with Crippen LogP contribution in [0, 0.1) is 0 Å². The first-order chi connectivity index (χ1) is 6.21. The molecule has 0 bridgehead atoms. The van der Waals surface area contributed by atoms with Crippen molar-refractivity contribution in [3.05, 3.63) is 16.6 Å². The summed E-state index contributed by atoms with van der Waals surface area (Å²) in [7, 11) is 0. The molecule has 72 valence electrons. The average Bonchev–Trinajstić information content (AvgIpc) is 2.55. The molecule has 1 heterocycles. The maximum absolute atomic E-state index is 10.3. The van der Waals surface area contributed by atoms with Crippen LogP contribution in [0.2, 0.25) is 0 Å². The second-order valence-corrected chi connectivity index (χ2v) is 4.64. The highest BCUT2D eigenvalue weighted by Gasteiger charge is 2.35. The van der Waals surface area contributed by atoms with Gasteiger partial charge in [-0.05, 0) is 25.7 Å².